The lowest BCUT2D eigenvalue weighted by atomic mass is 9.86. The molecule has 1 fully saturated rings. The molecule has 0 radical (unpaired) electrons. The Balaban J connectivity index is 1.65. The van der Waals surface area contributed by atoms with Gasteiger partial charge in [-0.15, -0.1) is 0 Å². The minimum Gasteiger partial charge on any atom is -0.356 e. The first-order chi connectivity index (χ1) is 9.65. The highest BCUT2D eigenvalue weighted by Gasteiger charge is 2.15. The van der Waals surface area contributed by atoms with Gasteiger partial charge in [0.2, 0.25) is 5.91 Å². The molecule has 1 aliphatic rings. The Morgan fingerprint density at radius 2 is 2.00 bits per heavy atom. The van der Waals surface area contributed by atoms with Gasteiger partial charge in [-0.05, 0) is 34.3 Å². The summed E-state index contributed by atoms with van der Waals surface area (Å²) >= 11 is 3.25. The Labute approximate surface area is 127 Å². The molecule has 6 heteroatoms. The van der Waals surface area contributed by atoms with Crippen molar-refractivity contribution in [3.05, 3.63) is 22.4 Å². The van der Waals surface area contributed by atoms with Crippen molar-refractivity contribution in [2.75, 3.05) is 0 Å². The third kappa shape index (κ3) is 4.67. The summed E-state index contributed by atoms with van der Waals surface area (Å²) in [5, 5.41) is 0. The van der Waals surface area contributed by atoms with Crippen LogP contribution in [-0.2, 0) is 4.79 Å². The molecule has 2 amide bonds. The fourth-order valence-corrected chi connectivity index (χ4v) is 2.91. The van der Waals surface area contributed by atoms with Crippen LogP contribution in [0.2, 0.25) is 0 Å². The molecule has 0 saturated heterocycles. The summed E-state index contributed by atoms with van der Waals surface area (Å²) in [6.07, 6.45) is 9.40. The molecule has 1 saturated carbocycles. The lowest BCUT2D eigenvalue weighted by Gasteiger charge is -2.20. The van der Waals surface area contributed by atoms with E-state index >= 15 is 0 Å². The Hall–Kier alpha value is -1.30. The van der Waals surface area contributed by atoms with Gasteiger partial charge in [0.15, 0.2) is 0 Å². The summed E-state index contributed by atoms with van der Waals surface area (Å²) in [5.41, 5.74) is 5.27. The minimum atomic E-state index is -0.346. The summed E-state index contributed by atoms with van der Waals surface area (Å²) < 4.78 is 0.797. The Morgan fingerprint density at radius 1 is 1.25 bits per heavy atom. The largest absolute Gasteiger partial charge is 0.356 e. The SMILES string of the molecule is O=C(CCC1CCCCC1)NNC(=O)c1cc(Br)c[nH]1. The maximum absolute atomic E-state index is 11.7. The molecule has 0 aliphatic heterocycles. The van der Waals surface area contributed by atoms with E-state index in [0.29, 0.717) is 18.0 Å². The third-order valence-corrected chi connectivity index (χ3v) is 4.17. The van der Waals surface area contributed by atoms with Crippen molar-refractivity contribution in [2.24, 2.45) is 5.92 Å². The van der Waals surface area contributed by atoms with Crippen LogP contribution in [0.3, 0.4) is 0 Å². The molecule has 0 aromatic carbocycles. The van der Waals surface area contributed by atoms with Gasteiger partial charge in [0.05, 0.1) is 0 Å². The lowest BCUT2D eigenvalue weighted by molar-refractivity contribution is -0.122. The number of carbonyl (C=O) groups is 2. The van der Waals surface area contributed by atoms with Crippen molar-refractivity contribution in [3.63, 3.8) is 0 Å². The van der Waals surface area contributed by atoms with Crippen molar-refractivity contribution >= 4 is 27.7 Å². The fraction of sp³-hybridized carbons (Fsp3) is 0.571. The summed E-state index contributed by atoms with van der Waals surface area (Å²) in [4.78, 5) is 26.2. The van der Waals surface area contributed by atoms with Gasteiger partial charge in [-0.3, -0.25) is 20.4 Å². The maximum Gasteiger partial charge on any atom is 0.286 e. The van der Waals surface area contributed by atoms with E-state index < -0.39 is 0 Å². The van der Waals surface area contributed by atoms with E-state index in [-0.39, 0.29) is 11.8 Å². The number of aromatic nitrogens is 1. The summed E-state index contributed by atoms with van der Waals surface area (Å²) in [6.45, 7) is 0. The Kier molecular flexibility index (Phi) is 5.64. The van der Waals surface area contributed by atoms with Gasteiger partial charge in [0.1, 0.15) is 5.69 Å². The van der Waals surface area contributed by atoms with Crippen molar-refractivity contribution < 1.29 is 9.59 Å². The highest BCUT2D eigenvalue weighted by molar-refractivity contribution is 9.10. The van der Waals surface area contributed by atoms with Gasteiger partial charge in [-0.2, -0.15) is 0 Å². The van der Waals surface area contributed by atoms with Crippen LogP contribution in [0.1, 0.15) is 55.4 Å². The van der Waals surface area contributed by atoms with E-state index in [2.05, 4.69) is 31.8 Å². The summed E-state index contributed by atoms with van der Waals surface area (Å²) in [7, 11) is 0. The first kappa shape index (κ1) is 15.1. The van der Waals surface area contributed by atoms with Crippen LogP contribution < -0.4 is 10.9 Å². The van der Waals surface area contributed by atoms with Crippen LogP contribution in [0, 0.1) is 5.92 Å². The number of halogens is 1. The van der Waals surface area contributed by atoms with E-state index in [1.165, 1.54) is 32.1 Å². The van der Waals surface area contributed by atoms with Crippen molar-refractivity contribution in [1.82, 2.24) is 15.8 Å². The number of hydrogen-bond donors (Lipinski definition) is 3. The van der Waals surface area contributed by atoms with Crippen molar-refractivity contribution in [2.45, 2.75) is 44.9 Å². The zero-order valence-electron chi connectivity index (χ0n) is 11.4. The van der Waals surface area contributed by atoms with Crippen LogP contribution in [0.25, 0.3) is 0 Å². The van der Waals surface area contributed by atoms with Crippen LogP contribution in [-0.4, -0.2) is 16.8 Å². The average Bonchev–Trinajstić information content (AvgIpc) is 2.90. The van der Waals surface area contributed by atoms with Crippen LogP contribution in [0.5, 0.6) is 0 Å². The van der Waals surface area contributed by atoms with Gasteiger partial charge in [-0.1, -0.05) is 32.1 Å². The van der Waals surface area contributed by atoms with Gasteiger partial charge < -0.3 is 4.98 Å². The molecule has 0 atom stereocenters. The maximum atomic E-state index is 11.7. The molecule has 2 rings (SSSR count). The number of aromatic amines is 1. The Morgan fingerprint density at radius 3 is 2.65 bits per heavy atom. The second kappa shape index (κ2) is 7.47. The lowest BCUT2D eigenvalue weighted by Crippen LogP contribution is -2.41. The quantitative estimate of drug-likeness (QED) is 0.736. The number of amides is 2. The van der Waals surface area contributed by atoms with E-state index in [1.54, 1.807) is 12.3 Å². The molecule has 110 valence electrons. The summed E-state index contributed by atoms with van der Waals surface area (Å²) in [5.74, 6) is 0.195. The third-order valence-electron chi connectivity index (χ3n) is 3.71. The molecule has 3 N–H and O–H groups in total. The van der Waals surface area contributed by atoms with Crippen LogP contribution in [0.4, 0.5) is 0 Å². The fourth-order valence-electron chi connectivity index (χ4n) is 2.57. The normalized spacial score (nSPS) is 15.8. The summed E-state index contributed by atoms with van der Waals surface area (Å²) in [6, 6.07) is 1.66. The Bertz CT molecular complexity index is 467. The number of H-pyrrole nitrogens is 1. The smallest absolute Gasteiger partial charge is 0.286 e. The minimum absolute atomic E-state index is 0.130. The van der Waals surface area contributed by atoms with E-state index in [1.807, 2.05) is 0 Å². The number of rotatable bonds is 4. The highest BCUT2D eigenvalue weighted by Crippen LogP contribution is 2.27. The molecule has 1 heterocycles. The average molecular weight is 342 g/mol. The van der Waals surface area contributed by atoms with Gasteiger partial charge in [0, 0.05) is 17.1 Å². The monoisotopic (exact) mass is 341 g/mol. The van der Waals surface area contributed by atoms with E-state index in [4.69, 9.17) is 0 Å². The predicted octanol–water partition coefficient (Wildman–Crippen LogP) is 2.90. The number of hydrogen-bond acceptors (Lipinski definition) is 2. The van der Waals surface area contributed by atoms with Crippen LogP contribution in [0.15, 0.2) is 16.7 Å². The second-order valence-corrected chi connectivity index (χ2v) is 6.19. The first-order valence-electron chi connectivity index (χ1n) is 7.08. The van der Waals surface area contributed by atoms with E-state index in [0.717, 1.165) is 10.9 Å². The zero-order valence-corrected chi connectivity index (χ0v) is 13.0. The van der Waals surface area contributed by atoms with Crippen molar-refractivity contribution in [3.8, 4) is 0 Å². The molecule has 1 aromatic heterocycles. The van der Waals surface area contributed by atoms with Gasteiger partial charge >= 0.3 is 0 Å². The molecule has 20 heavy (non-hydrogen) atoms. The number of nitrogens with one attached hydrogen (secondary N) is 3. The molecule has 1 aromatic rings. The second-order valence-electron chi connectivity index (χ2n) is 5.28. The number of hydrazine groups is 1. The van der Waals surface area contributed by atoms with E-state index in [9.17, 15) is 9.59 Å². The standard InChI is InChI=1S/C14H20BrN3O2/c15-11-8-12(16-9-11)14(20)18-17-13(19)7-6-10-4-2-1-3-5-10/h8-10,16H,1-7H2,(H,17,19)(H,18,20). The molecule has 0 bridgehead atoms. The topological polar surface area (TPSA) is 74.0 Å². The molecule has 5 nitrogen and oxygen atoms in total. The molecule has 1 aliphatic carbocycles. The van der Waals surface area contributed by atoms with Gasteiger partial charge in [-0.25, -0.2) is 0 Å². The molecular formula is C14H20BrN3O2. The number of carbonyl (C=O) groups excluding carboxylic acids is 2. The zero-order chi connectivity index (χ0) is 14.4. The first-order valence-corrected chi connectivity index (χ1v) is 7.87. The highest BCUT2D eigenvalue weighted by atomic mass is 79.9. The molecule has 0 spiro atoms. The van der Waals surface area contributed by atoms with Gasteiger partial charge in [0.25, 0.3) is 5.91 Å². The van der Waals surface area contributed by atoms with Crippen LogP contribution >= 0.6 is 15.9 Å². The predicted molar refractivity (Wildman–Crippen MR) is 79.9 cm³/mol. The molecule has 0 unspecified atom stereocenters. The van der Waals surface area contributed by atoms with Crippen molar-refractivity contribution in [1.29, 1.82) is 0 Å². The molecular weight excluding hydrogens is 322 g/mol.